The van der Waals surface area contributed by atoms with Crippen molar-refractivity contribution in [3.8, 4) is 19.5 Å². The summed E-state index contributed by atoms with van der Waals surface area (Å²) in [7, 11) is 0. The van der Waals surface area contributed by atoms with Gasteiger partial charge in [0.15, 0.2) is 0 Å². The number of fused-ring (bicyclic) bond motifs is 1. The molecule has 4 aromatic rings. The first-order valence-electron chi connectivity index (χ1n) is 7.20. The molecule has 0 spiro atoms. The summed E-state index contributed by atoms with van der Waals surface area (Å²) < 4.78 is 2.95. The van der Waals surface area contributed by atoms with Crippen molar-refractivity contribution < 1.29 is 0 Å². The molecule has 4 heterocycles. The van der Waals surface area contributed by atoms with E-state index in [0.717, 1.165) is 0 Å². The van der Waals surface area contributed by atoms with Gasteiger partial charge in [-0.1, -0.05) is 0 Å². The third-order valence-electron chi connectivity index (χ3n) is 3.91. The van der Waals surface area contributed by atoms with Crippen LogP contribution in [0.5, 0.6) is 0 Å². The molecule has 112 valence electrons. The lowest BCUT2D eigenvalue weighted by Crippen LogP contribution is -1.69. The fraction of sp³-hybridized carbons (Fsp3) is 0.222. The minimum absolute atomic E-state index is 1.39. The molecule has 0 N–H and O–H groups in total. The lowest BCUT2D eigenvalue weighted by atomic mass is 10.2. The molecule has 0 radical (unpaired) electrons. The zero-order valence-corrected chi connectivity index (χ0v) is 16.2. The van der Waals surface area contributed by atoms with Crippen molar-refractivity contribution in [2.24, 2.45) is 0 Å². The van der Waals surface area contributed by atoms with Crippen LogP contribution in [0.3, 0.4) is 0 Å². The first-order valence-corrected chi connectivity index (χ1v) is 10.5. The second-order valence-corrected chi connectivity index (χ2v) is 10.2. The summed E-state index contributed by atoms with van der Waals surface area (Å²) in [6.45, 7) is 8.93. The summed E-state index contributed by atoms with van der Waals surface area (Å²) in [5.74, 6) is 0. The van der Waals surface area contributed by atoms with Crippen molar-refractivity contribution in [2.45, 2.75) is 27.7 Å². The molecule has 4 aromatic heterocycles. The zero-order chi connectivity index (χ0) is 15.4. The first-order chi connectivity index (χ1) is 10.5. The average molecular weight is 361 g/mol. The molecule has 22 heavy (non-hydrogen) atoms. The van der Waals surface area contributed by atoms with E-state index in [1.165, 1.54) is 49.8 Å². The Morgan fingerprint density at radius 1 is 0.545 bits per heavy atom. The lowest BCUT2D eigenvalue weighted by molar-refractivity contribution is 1.60. The monoisotopic (exact) mass is 360 g/mol. The predicted molar refractivity (Wildman–Crippen MR) is 105 cm³/mol. The van der Waals surface area contributed by atoms with Gasteiger partial charge in [0.1, 0.15) is 0 Å². The van der Waals surface area contributed by atoms with Crippen LogP contribution in [0.4, 0.5) is 0 Å². The Morgan fingerprint density at radius 2 is 0.955 bits per heavy atom. The molecule has 0 bridgehead atoms. The van der Waals surface area contributed by atoms with E-state index in [4.69, 9.17) is 0 Å². The maximum Gasteiger partial charge on any atom is 0.0496 e. The molecule has 0 fully saturated rings. The third-order valence-corrected chi connectivity index (χ3v) is 9.22. The van der Waals surface area contributed by atoms with E-state index in [1.54, 1.807) is 0 Å². The van der Waals surface area contributed by atoms with Crippen LogP contribution in [0.1, 0.15) is 20.9 Å². The van der Waals surface area contributed by atoms with Crippen LogP contribution < -0.4 is 0 Å². The highest BCUT2D eigenvalue weighted by molar-refractivity contribution is 7.34. The largest absolute Gasteiger partial charge is 0.140 e. The van der Waals surface area contributed by atoms with Gasteiger partial charge in [-0.15, -0.1) is 45.3 Å². The Hall–Kier alpha value is -0.940. The van der Waals surface area contributed by atoms with Crippen molar-refractivity contribution >= 4 is 54.7 Å². The van der Waals surface area contributed by atoms with Gasteiger partial charge < -0.3 is 0 Å². The van der Waals surface area contributed by atoms with Gasteiger partial charge in [0.25, 0.3) is 0 Å². The highest BCUT2D eigenvalue weighted by atomic mass is 32.1. The minimum atomic E-state index is 1.39. The van der Waals surface area contributed by atoms with Crippen LogP contribution in [-0.4, -0.2) is 0 Å². The molecule has 0 amide bonds. The summed E-state index contributed by atoms with van der Waals surface area (Å²) in [4.78, 5) is 8.51. The second kappa shape index (κ2) is 5.31. The Kier molecular flexibility index (Phi) is 3.53. The van der Waals surface area contributed by atoms with Crippen LogP contribution in [-0.2, 0) is 0 Å². The second-order valence-electron chi connectivity index (χ2n) is 5.59. The summed E-state index contributed by atoms with van der Waals surface area (Å²) in [6, 6.07) is 8.97. The van der Waals surface area contributed by atoms with Crippen molar-refractivity contribution in [2.75, 3.05) is 0 Å². The molecule has 0 saturated carbocycles. The van der Waals surface area contributed by atoms with Crippen LogP contribution in [0.25, 0.3) is 28.9 Å². The molecule has 4 rings (SSSR count). The molecule has 0 nitrogen and oxygen atoms in total. The lowest BCUT2D eigenvalue weighted by Gasteiger charge is -1.97. The van der Waals surface area contributed by atoms with Crippen molar-refractivity contribution in [1.29, 1.82) is 0 Å². The van der Waals surface area contributed by atoms with E-state index in [-0.39, 0.29) is 0 Å². The minimum Gasteiger partial charge on any atom is -0.140 e. The van der Waals surface area contributed by atoms with Gasteiger partial charge in [0, 0.05) is 38.7 Å². The van der Waals surface area contributed by atoms with E-state index in [0.29, 0.717) is 0 Å². The number of aryl methyl sites for hydroxylation is 4. The number of hydrogen-bond donors (Lipinski definition) is 0. The van der Waals surface area contributed by atoms with Crippen molar-refractivity contribution in [3.05, 3.63) is 45.1 Å². The van der Waals surface area contributed by atoms with Crippen molar-refractivity contribution in [1.82, 2.24) is 0 Å². The number of thiophene rings is 4. The molecule has 0 aliphatic rings. The fourth-order valence-corrected chi connectivity index (χ4v) is 7.60. The van der Waals surface area contributed by atoms with Gasteiger partial charge in [-0.05, 0) is 63.1 Å². The molecule has 0 aromatic carbocycles. The quantitative estimate of drug-likeness (QED) is 0.344. The number of rotatable bonds is 2. The summed E-state index contributed by atoms with van der Waals surface area (Å²) in [5.41, 5.74) is 2.91. The fourth-order valence-electron chi connectivity index (χ4n) is 2.73. The van der Waals surface area contributed by atoms with Gasteiger partial charge in [-0.3, -0.25) is 0 Å². The van der Waals surface area contributed by atoms with E-state index in [2.05, 4.69) is 52.0 Å². The van der Waals surface area contributed by atoms with Gasteiger partial charge in [-0.25, -0.2) is 0 Å². The van der Waals surface area contributed by atoms with Crippen molar-refractivity contribution in [3.63, 3.8) is 0 Å². The molecular weight excluding hydrogens is 344 g/mol. The van der Waals surface area contributed by atoms with E-state index < -0.39 is 0 Å². The Balaban J connectivity index is 1.91. The summed E-state index contributed by atoms with van der Waals surface area (Å²) in [5, 5.41) is 0. The Morgan fingerprint density at radius 3 is 1.27 bits per heavy atom. The molecular formula is C18H16S4. The third kappa shape index (κ3) is 2.21. The summed E-state index contributed by atoms with van der Waals surface area (Å²) in [6.07, 6.45) is 0. The molecule has 0 aliphatic carbocycles. The van der Waals surface area contributed by atoms with E-state index in [1.807, 2.05) is 45.3 Å². The van der Waals surface area contributed by atoms with Crippen LogP contribution >= 0.6 is 45.3 Å². The molecule has 4 heteroatoms. The van der Waals surface area contributed by atoms with Gasteiger partial charge in [0.2, 0.25) is 0 Å². The van der Waals surface area contributed by atoms with Crippen LogP contribution in [0.2, 0.25) is 0 Å². The zero-order valence-electron chi connectivity index (χ0n) is 12.9. The maximum absolute atomic E-state index is 2.28. The molecule has 0 atom stereocenters. The SMILES string of the molecule is Cc1ccc(-c2sc3c(C)c(-c4ccc(C)s4)sc3c2C)s1. The molecule has 0 unspecified atom stereocenters. The standard InChI is InChI=1S/C18H16S4/c1-9-5-7-13(19-9)15-11(3)17-18(21-15)12(4)16(22-17)14-8-6-10(2)20-14/h5-8H,1-4H3. The van der Waals surface area contributed by atoms with Gasteiger partial charge >= 0.3 is 0 Å². The van der Waals surface area contributed by atoms with E-state index >= 15 is 0 Å². The highest BCUT2D eigenvalue weighted by Gasteiger charge is 2.19. The summed E-state index contributed by atoms with van der Waals surface area (Å²) >= 11 is 7.73. The normalized spacial score (nSPS) is 11.6. The molecule has 0 saturated heterocycles. The Bertz CT molecular complexity index is 894. The highest BCUT2D eigenvalue weighted by Crippen LogP contribution is 2.49. The maximum atomic E-state index is 2.28. The van der Waals surface area contributed by atoms with Gasteiger partial charge in [-0.2, -0.15) is 0 Å². The van der Waals surface area contributed by atoms with E-state index in [9.17, 15) is 0 Å². The predicted octanol–water partition coefficient (Wildman–Crippen LogP) is 7.65. The Labute approximate surface area is 146 Å². The average Bonchev–Trinajstić information content (AvgIpc) is 3.20. The van der Waals surface area contributed by atoms with Crippen LogP contribution in [0.15, 0.2) is 24.3 Å². The topological polar surface area (TPSA) is 0 Å². The number of hydrogen-bond acceptors (Lipinski definition) is 4. The smallest absolute Gasteiger partial charge is 0.0496 e. The molecule has 0 aliphatic heterocycles. The van der Waals surface area contributed by atoms with Crippen LogP contribution in [0, 0.1) is 27.7 Å². The van der Waals surface area contributed by atoms with Gasteiger partial charge in [0.05, 0.1) is 0 Å². The first kappa shape index (κ1) is 14.6.